The van der Waals surface area contributed by atoms with Crippen LogP contribution in [0.25, 0.3) is 0 Å². The molecule has 0 saturated heterocycles. The predicted molar refractivity (Wildman–Crippen MR) is 97.9 cm³/mol. The number of methoxy groups -OCH3 is 1. The van der Waals surface area contributed by atoms with Crippen LogP contribution in [-0.4, -0.2) is 36.8 Å². The minimum atomic E-state index is -0.154. The van der Waals surface area contributed by atoms with Gasteiger partial charge in [-0.2, -0.15) is 0 Å². The molecule has 0 aliphatic heterocycles. The summed E-state index contributed by atoms with van der Waals surface area (Å²) in [5.74, 6) is 1.77. The molecule has 1 saturated carbocycles. The zero-order valence-electron chi connectivity index (χ0n) is 15.1. The minimum absolute atomic E-state index is 0.0423. The smallest absolute Gasteiger partial charge is 0.253 e. The molecule has 2 aromatic rings. The summed E-state index contributed by atoms with van der Waals surface area (Å²) in [6, 6.07) is 11.0. The van der Waals surface area contributed by atoms with E-state index in [1.807, 2.05) is 31.2 Å². The molecular formula is C20H24N2O4. The molecule has 1 amide bonds. The van der Waals surface area contributed by atoms with Crippen LogP contribution in [0.15, 0.2) is 42.6 Å². The Balaban J connectivity index is 1.65. The normalized spacial score (nSPS) is 19.0. The minimum Gasteiger partial charge on any atom is -0.490 e. The van der Waals surface area contributed by atoms with Crippen molar-refractivity contribution in [3.05, 3.63) is 48.2 Å². The Kier molecular flexibility index (Phi) is 5.94. The first-order valence-electron chi connectivity index (χ1n) is 8.90. The highest BCUT2D eigenvalue weighted by molar-refractivity contribution is 5.94. The number of ether oxygens (including phenoxy) is 3. The molecule has 1 aromatic carbocycles. The van der Waals surface area contributed by atoms with Crippen LogP contribution in [0.4, 0.5) is 0 Å². The van der Waals surface area contributed by atoms with E-state index in [-0.39, 0.29) is 18.1 Å². The number of aromatic nitrogens is 1. The maximum Gasteiger partial charge on any atom is 0.253 e. The Morgan fingerprint density at radius 1 is 1.19 bits per heavy atom. The van der Waals surface area contributed by atoms with E-state index in [4.69, 9.17) is 14.2 Å². The number of hydrogen-bond acceptors (Lipinski definition) is 5. The lowest BCUT2D eigenvalue weighted by Gasteiger charge is -2.23. The van der Waals surface area contributed by atoms with Crippen molar-refractivity contribution in [3.8, 4) is 17.4 Å². The first-order chi connectivity index (χ1) is 12.7. The zero-order chi connectivity index (χ0) is 18.4. The van der Waals surface area contributed by atoms with Crippen LogP contribution in [0.2, 0.25) is 0 Å². The number of carbonyl (C=O) groups is 1. The van der Waals surface area contributed by atoms with Crippen molar-refractivity contribution >= 4 is 5.91 Å². The molecule has 0 radical (unpaired) electrons. The van der Waals surface area contributed by atoms with Crippen LogP contribution in [0.3, 0.4) is 0 Å². The van der Waals surface area contributed by atoms with Gasteiger partial charge in [0.05, 0.1) is 25.3 Å². The van der Waals surface area contributed by atoms with Gasteiger partial charge in [-0.05, 0) is 44.4 Å². The molecule has 2 atom stereocenters. The molecule has 1 aliphatic rings. The van der Waals surface area contributed by atoms with Gasteiger partial charge in [-0.3, -0.25) is 4.79 Å². The van der Waals surface area contributed by atoms with Crippen molar-refractivity contribution in [1.82, 2.24) is 10.3 Å². The molecule has 6 heteroatoms. The van der Waals surface area contributed by atoms with Crippen molar-refractivity contribution in [2.75, 3.05) is 13.7 Å². The van der Waals surface area contributed by atoms with Gasteiger partial charge in [0.1, 0.15) is 6.10 Å². The van der Waals surface area contributed by atoms with Crippen molar-refractivity contribution in [1.29, 1.82) is 0 Å². The van der Waals surface area contributed by atoms with Gasteiger partial charge in [-0.1, -0.05) is 12.1 Å². The highest BCUT2D eigenvalue weighted by Gasteiger charge is 2.31. The van der Waals surface area contributed by atoms with Gasteiger partial charge in [0, 0.05) is 12.3 Å². The number of rotatable bonds is 7. The first kappa shape index (κ1) is 18.0. The molecule has 0 bridgehead atoms. The van der Waals surface area contributed by atoms with Gasteiger partial charge in [0.2, 0.25) is 5.88 Å². The fourth-order valence-corrected chi connectivity index (χ4v) is 3.10. The Morgan fingerprint density at radius 2 is 2.00 bits per heavy atom. The van der Waals surface area contributed by atoms with E-state index < -0.39 is 0 Å². The van der Waals surface area contributed by atoms with E-state index in [1.165, 1.54) is 6.20 Å². The summed E-state index contributed by atoms with van der Waals surface area (Å²) in [5, 5.41) is 3.07. The Labute approximate surface area is 153 Å². The highest BCUT2D eigenvalue weighted by Crippen LogP contribution is 2.31. The number of nitrogens with zero attached hydrogens (tertiary/aromatic N) is 1. The van der Waals surface area contributed by atoms with Crippen LogP contribution in [0.5, 0.6) is 17.4 Å². The van der Waals surface area contributed by atoms with Crippen molar-refractivity contribution < 1.29 is 19.0 Å². The van der Waals surface area contributed by atoms with Gasteiger partial charge >= 0.3 is 0 Å². The van der Waals surface area contributed by atoms with Crippen molar-refractivity contribution in [2.24, 2.45) is 0 Å². The van der Waals surface area contributed by atoms with Gasteiger partial charge in [0.15, 0.2) is 11.5 Å². The molecule has 1 heterocycles. The van der Waals surface area contributed by atoms with Gasteiger partial charge in [-0.25, -0.2) is 4.98 Å². The van der Waals surface area contributed by atoms with Crippen LogP contribution in [0, 0.1) is 0 Å². The summed E-state index contributed by atoms with van der Waals surface area (Å²) in [7, 11) is 1.54. The van der Waals surface area contributed by atoms with E-state index in [9.17, 15) is 4.79 Å². The number of pyridine rings is 1. The van der Waals surface area contributed by atoms with Gasteiger partial charge in [0.25, 0.3) is 5.91 Å². The molecule has 1 N–H and O–H groups in total. The Hall–Kier alpha value is -2.76. The van der Waals surface area contributed by atoms with Crippen LogP contribution < -0.4 is 19.5 Å². The third-order valence-electron chi connectivity index (χ3n) is 4.40. The molecular weight excluding hydrogens is 332 g/mol. The largest absolute Gasteiger partial charge is 0.490 e. The fourth-order valence-electron chi connectivity index (χ4n) is 3.10. The molecule has 3 rings (SSSR count). The summed E-state index contributed by atoms with van der Waals surface area (Å²) in [4.78, 5) is 16.6. The third kappa shape index (κ3) is 4.25. The second-order valence-electron chi connectivity index (χ2n) is 6.14. The average molecular weight is 356 g/mol. The van der Waals surface area contributed by atoms with E-state index in [2.05, 4.69) is 10.3 Å². The highest BCUT2D eigenvalue weighted by atomic mass is 16.5. The van der Waals surface area contributed by atoms with E-state index >= 15 is 0 Å². The summed E-state index contributed by atoms with van der Waals surface area (Å²) < 4.78 is 16.8. The number of nitrogens with one attached hydrogen (secondary N) is 1. The topological polar surface area (TPSA) is 69.7 Å². The summed E-state index contributed by atoms with van der Waals surface area (Å²) >= 11 is 0. The molecule has 1 fully saturated rings. The Bertz CT molecular complexity index is 733. The molecule has 0 spiro atoms. The maximum absolute atomic E-state index is 12.5. The standard InChI is InChI=1S/C20H24N2O4/c1-3-25-17-8-4-5-9-18(17)26-16-10-6-7-15(16)22-20(23)14-11-12-19(24-2)21-13-14/h4-5,8-9,11-13,15-16H,3,6-7,10H2,1-2H3,(H,22,23)/t15-,16-/m1/s1. The molecule has 0 unspecified atom stereocenters. The van der Waals surface area contributed by atoms with Crippen molar-refractivity contribution in [2.45, 2.75) is 38.3 Å². The van der Waals surface area contributed by atoms with Gasteiger partial charge < -0.3 is 19.5 Å². The van der Waals surface area contributed by atoms with E-state index in [1.54, 1.807) is 19.2 Å². The number of benzene rings is 1. The van der Waals surface area contributed by atoms with Crippen LogP contribution in [-0.2, 0) is 0 Å². The molecule has 138 valence electrons. The quantitative estimate of drug-likeness (QED) is 0.825. The molecule has 26 heavy (non-hydrogen) atoms. The molecule has 1 aromatic heterocycles. The lowest BCUT2D eigenvalue weighted by atomic mass is 10.2. The number of carbonyl (C=O) groups excluding carboxylic acids is 1. The van der Waals surface area contributed by atoms with Gasteiger partial charge in [-0.15, -0.1) is 0 Å². The second-order valence-corrected chi connectivity index (χ2v) is 6.14. The Morgan fingerprint density at radius 3 is 2.69 bits per heavy atom. The van der Waals surface area contributed by atoms with Crippen LogP contribution in [0.1, 0.15) is 36.5 Å². The average Bonchev–Trinajstić information content (AvgIpc) is 3.10. The lowest BCUT2D eigenvalue weighted by molar-refractivity contribution is 0.0891. The maximum atomic E-state index is 12.5. The molecule has 1 aliphatic carbocycles. The number of amides is 1. The lowest BCUT2D eigenvalue weighted by Crippen LogP contribution is -2.42. The molecule has 6 nitrogen and oxygen atoms in total. The zero-order valence-corrected chi connectivity index (χ0v) is 15.1. The second kappa shape index (κ2) is 8.56. The SMILES string of the molecule is CCOc1ccccc1O[C@@H]1CCC[C@H]1NC(=O)c1ccc(OC)nc1. The summed E-state index contributed by atoms with van der Waals surface area (Å²) in [6.07, 6.45) is 4.23. The monoisotopic (exact) mass is 356 g/mol. The fraction of sp³-hybridized carbons (Fsp3) is 0.400. The van der Waals surface area contributed by atoms with Crippen LogP contribution >= 0.6 is 0 Å². The first-order valence-corrected chi connectivity index (χ1v) is 8.90. The number of para-hydroxylation sites is 2. The van der Waals surface area contributed by atoms with Crippen molar-refractivity contribution in [3.63, 3.8) is 0 Å². The predicted octanol–water partition coefficient (Wildman–Crippen LogP) is 3.22. The summed E-state index contributed by atoms with van der Waals surface area (Å²) in [5.41, 5.74) is 0.506. The van der Waals surface area contributed by atoms with E-state index in [0.717, 1.165) is 25.0 Å². The third-order valence-corrected chi connectivity index (χ3v) is 4.40. The summed E-state index contributed by atoms with van der Waals surface area (Å²) in [6.45, 7) is 2.52. The number of hydrogen-bond donors (Lipinski definition) is 1. The van der Waals surface area contributed by atoms with E-state index in [0.29, 0.717) is 23.8 Å².